The molecule has 23 heavy (non-hydrogen) atoms. The topological polar surface area (TPSA) is 51.2 Å². The number of nitrogens with zero attached hydrogens (tertiary/aromatic N) is 1. The predicted molar refractivity (Wildman–Crippen MR) is 88.1 cm³/mol. The van der Waals surface area contributed by atoms with Crippen molar-refractivity contribution in [3.63, 3.8) is 0 Å². The van der Waals surface area contributed by atoms with Crippen LogP contribution in [0.15, 0.2) is 30.5 Å². The van der Waals surface area contributed by atoms with Crippen LogP contribution in [-0.4, -0.2) is 24.1 Å². The molecule has 4 nitrogen and oxygen atoms in total. The Morgan fingerprint density at radius 2 is 2.13 bits per heavy atom. The average Bonchev–Trinajstić information content (AvgIpc) is 2.97. The SMILES string of the molecule is CC1(C(=O)Nc2ncc(Cc3ccccc3F)s2)CCOCC1. The van der Waals surface area contributed by atoms with Crippen molar-refractivity contribution in [1.29, 1.82) is 0 Å². The summed E-state index contributed by atoms with van der Waals surface area (Å²) in [5.41, 5.74) is 0.223. The molecule has 0 spiro atoms. The quantitative estimate of drug-likeness (QED) is 0.929. The van der Waals surface area contributed by atoms with E-state index in [0.29, 0.717) is 43.2 Å². The normalized spacial score (nSPS) is 17.0. The molecule has 0 aliphatic carbocycles. The van der Waals surface area contributed by atoms with E-state index >= 15 is 0 Å². The van der Waals surface area contributed by atoms with Crippen LogP contribution in [-0.2, 0) is 16.0 Å². The Kier molecular flexibility index (Phi) is 4.73. The zero-order valence-electron chi connectivity index (χ0n) is 13.0. The zero-order chi connectivity index (χ0) is 16.3. The van der Waals surface area contributed by atoms with Gasteiger partial charge in [0.05, 0.1) is 5.41 Å². The summed E-state index contributed by atoms with van der Waals surface area (Å²) in [5, 5.41) is 3.46. The fourth-order valence-electron chi connectivity index (χ4n) is 2.57. The fourth-order valence-corrected chi connectivity index (χ4v) is 3.40. The van der Waals surface area contributed by atoms with Crippen LogP contribution in [0.3, 0.4) is 0 Å². The number of hydrogen-bond donors (Lipinski definition) is 1. The first-order valence-corrected chi connectivity index (χ1v) is 8.46. The standard InChI is InChI=1S/C17H19FN2O2S/c1-17(6-8-22-9-7-17)15(21)20-16-19-11-13(23-16)10-12-4-2-3-5-14(12)18/h2-5,11H,6-10H2,1H3,(H,19,20,21). The lowest BCUT2D eigenvalue weighted by atomic mass is 9.81. The predicted octanol–water partition coefficient (Wildman–Crippen LogP) is 3.63. The number of carbonyl (C=O) groups is 1. The van der Waals surface area contributed by atoms with Crippen molar-refractivity contribution in [2.75, 3.05) is 18.5 Å². The number of nitrogens with one attached hydrogen (secondary N) is 1. The van der Waals surface area contributed by atoms with Gasteiger partial charge in [-0.3, -0.25) is 4.79 Å². The zero-order valence-corrected chi connectivity index (χ0v) is 13.8. The van der Waals surface area contributed by atoms with E-state index in [9.17, 15) is 9.18 Å². The molecule has 1 N–H and O–H groups in total. The van der Waals surface area contributed by atoms with E-state index in [2.05, 4.69) is 10.3 Å². The Hall–Kier alpha value is -1.79. The van der Waals surface area contributed by atoms with Gasteiger partial charge in [0.2, 0.25) is 5.91 Å². The van der Waals surface area contributed by atoms with Gasteiger partial charge < -0.3 is 10.1 Å². The average molecular weight is 334 g/mol. The molecule has 1 saturated heterocycles. The van der Waals surface area contributed by atoms with Crippen LogP contribution in [0.25, 0.3) is 0 Å². The highest BCUT2D eigenvalue weighted by Gasteiger charge is 2.35. The van der Waals surface area contributed by atoms with Crippen LogP contribution < -0.4 is 5.32 Å². The molecule has 2 aromatic rings. The van der Waals surface area contributed by atoms with Crippen LogP contribution in [0, 0.1) is 11.2 Å². The van der Waals surface area contributed by atoms with Crippen LogP contribution in [0.1, 0.15) is 30.2 Å². The Balaban J connectivity index is 1.65. The molecule has 1 aliphatic heterocycles. The monoisotopic (exact) mass is 334 g/mol. The highest BCUT2D eigenvalue weighted by molar-refractivity contribution is 7.15. The van der Waals surface area contributed by atoms with Gasteiger partial charge in [-0.15, -0.1) is 11.3 Å². The summed E-state index contributed by atoms with van der Waals surface area (Å²) in [6.45, 7) is 3.18. The summed E-state index contributed by atoms with van der Waals surface area (Å²) in [7, 11) is 0. The summed E-state index contributed by atoms with van der Waals surface area (Å²) in [5.74, 6) is -0.242. The van der Waals surface area contributed by atoms with Gasteiger partial charge in [-0.1, -0.05) is 25.1 Å². The van der Waals surface area contributed by atoms with Crippen LogP contribution in [0.4, 0.5) is 9.52 Å². The van der Waals surface area contributed by atoms with Crippen molar-refractivity contribution >= 4 is 22.4 Å². The molecule has 122 valence electrons. The molecule has 0 saturated carbocycles. The summed E-state index contributed by atoms with van der Waals surface area (Å²) >= 11 is 1.39. The maximum absolute atomic E-state index is 13.7. The number of thiazole rings is 1. The smallest absolute Gasteiger partial charge is 0.232 e. The summed E-state index contributed by atoms with van der Waals surface area (Å²) in [6.07, 6.45) is 3.60. The Morgan fingerprint density at radius 1 is 1.39 bits per heavy atom. The summed E-state index contributed by atoms with van der Waals surface area (Å²) < 4.78 is 19.0. The summed E-state index contributed by atoms with van der Waals surface area (Å²) in [6, 6.07) is 6.70. The summed E-state index contributed by atoms with van der Waals surface area (Å²) in [4.78, 5) is 17.6. The highest BCUT2D eigenvalue weighted by atomic mass is 32.1. The molecule has 0 bridgehead atoms. The molecular weight excluding hydrogens is 315 g/mol. The lowest BCUT2D eigenvalue weighted by molar-refractivity contribution is -0.129. The van der Waals surface area contributed by atoms with E-state index < -0.39 is 5.41 Å². The minimum absolute atomic E-state index is 0.0207. The number of benzene rings is 1. The number of ether oxygens (including phenoxy) is 1. The maximum Gasteiger partial charge on any atom is 0.232 e. The molecule has 0 unspecified atom stereocenters. The molecule has 1 aromatic heterocycles. The Labute approximate surface area is 138 Å². The molecule has 2 heterocycles. The van der Waals surface area contributed by atoms with Crippen molar-refractivity contribution in [2.45, 2.75) is 26.2 Å². The van der Waals surface area contributed by atoms with Crippen molar-refractivity contribution in [1.82, 2.24) is 4.98 Å². The van der Waals surface area contributed by atoms with Crippen LogP contribution in [0.2, 0.25) is 0 Å². The van der Waals surface area contributed by atoms with Gasteiger partial charge >= 0.3 is 0 Å². The first kappa shape index (κ1) is 16.1. The number of anilines is 1. The van der Waals surface area contributed by atoms with Crippen molar-refractivity contribution in [2.24, 2.45) is 5.41 Å². The minimum Gasteiger partial charge on any atom is -0.381 e. The molecule has 6 heteroatoms. The van der Waals surface area contributed by atoms with E-state index in [-0.39, 0.29) is 11.7 Å². The van der Waals surface area contributed by atoms with Gasteiger partial charge in [-0.2, -0.15) is 0 Å². The first-order valence-electron chi connectivity index (χ1n) is 7.64. The lowest BCUT2D eigenvalue weighted by Crippen LogP contribution is -2.38. The molecule has 0 atom stereocenters. The number of amides is 1. The number of aromatic nitrogens is 1. The second kappa shape index (κ2) is 6.76. The Bertz CT molecular complexity index is 695. The maximum atomic E-state index is 13.7. The second-order valence-corrected chi connectivity index (χ2v) is 7.14. The number of hydrogen-bond acceptors (Lipinski definition) is 4. The van der Waals surface area contributed by atoms with E-state index in [1.54, 1.807) is 18.3 Å². The van der Waals surface area contributed by atoms with Gasteiger partial charge in [-0.25, -0.2) is 9.37 Å². The largest absolute Gasteiger partial charge is 0.381 e. The van der Waals surface area contributed by atoms with E-state index in [0.717, 1.165) is 4.88 Å². The van der Waals surface area contributed by atoms with E-state index in [1.807, 2.05) is 13.0 Å². The second-order valence-electron chi connectivity index (χ2n) is 6.03. The highest BCUT2D eigenvalue weighted by Crippen LogP contribution is 2.32. The molecule has 1 aromatic carbocycles. The minimum atomic E-state index is -0.407. The Morgan fingerprint density at radius 3 is 2.87 bits per heavy atom. The molecule has 0 radical (unpaired) electrons. The third-order valence-corrected chi connectivity index (χ3v) is 5.15. The van der Waals surface area contributed by atoms with E-state index in [1.165, 1.54) is 17.4 Å². The molecule has 1 fully saturated rings. The fraction of sp³-hybridized carbons (Fsp3) is 0.412. The third kappa shape index (κ3) is 3.76. The number of rotatable bonds is 4. The number of carbonyl (C=O) groups excluding carboxylic acids is 1. The third-order valence-electron chi connectivity index (χ3n) is 4.24. The molecule has 3 rings (SSSR count). The van der Waals surface area contributed by atoms with Gasteiger partial charge in [-0.05, 0) is 24.5 Å². The lowest BCUT2D eigenvalue weighted by Gasteiger charge is -2.31. The number of halogens is 1. The van der Waals surface area contributed by atoms with Crippen molar-refractivity contribution < 1.29 is 13.9 Å². The van der Waals surface area contributed by atoms with Gasteiger partial charge in [0, 0.05) is 30.7 Å². The van der Waals surface area contributed by atoms with Gasteiger partial charge in [0.15, 0.2) is 5.13 Å². The first-order chi connectivity index (χ1) is 11.1. The van der Waals surface area contributed by atoms with Gasteiger partial charge in [0.1, 0.15) is 5.82 Å². The van der Waals surface area contributed by atoms with Crippen LogP contribution in [0.5, 0.6) is 0 Å². The van der Waals surface area contributed by atoms with Crippen molar-refractivity contribution in [3.05, 3.63) is 46.7 Å². The molecule has 1 aliphatic rings. The van der Waals surface area contributed by atoms with Crippen LogP contribution >= 0.6 is 11.3 Å². The van der Waals surface area contributed by atoms with Crippen molar-refractivity contribution in [3.8, 4) is 0 Å². The van der Waals surface area contributed by atoms with Gasteiger partial charge in [0.25, 0.3) is 0 Å². The molecule has 1 amide bonds. The molecular formula is C17H19FN2O2S. The van der Waals surface area contributed by atoms with E-state index in [4.69, 9.17) is 4.74 Å².